The van der Waals surface area contributed by atoms with Crippen LogP contribution in [-0.4, -0.2) is 5.91 Å². The summed E-state index contributed by atoms with van der Waals surface area (Å²) in [6, 6.07) is 7.40. The van der Waals surface area contributed by atoms with Gasteiger partial charge in [0.2, 0.25) is 5.91 Å². The molecule has 3 nitrogen and oxygen atoms in total. The maximum Gasteiger partial charge on any atom is 0.234 e. The lowest BCUT2D eigenvalue weighted by Crippen LogP contribution is -2.30. The van der Waals surface area contributed by atoms with E-state index in [0.29, 0.717) is 17.9 Å². The molecule has 0 aliphatic carbocycles. The quantitative estimate of drug-likeness (QED) is 0.437. The van der Waals surface area contributed by atoms with Crippen LogP contribution in [0.3, 0.4) is 0 Å². The molecule has 0 aliphatic heterocycles. The SMILES string of the molecule is NNC(=O)CCc1ccc(Cl)cc1. The Morgan fingerprint density at radius 3 is 2.54 bits per heavy atom. The summed E-state index contributed by atoms with van der Waals surface area (Å²) in [6.07, 6.45) is 1.08. The molecule has 1 aromatic carbocycles. The fourth-order valence-corrected chi connectivity index (χ4v) is 1.11. The second-order valence-corrected chi connectivity index (χ2v) is 3.13. The zero-order chi connectivity index (χ0) is 9.68. The van der Waals surface area contributed by atoms with Crippen molar-refractivity contribution in [1.82, 2.24) is 5.43 Å². The van der Waals surface area contributed by atoms with E-state index in [4.69, 9.17) is 17.4 Å². The van der Waals surface area contributed by atoms with Crippen molar-refractivity contribution in [2.75, 3.05) is 0 Å². The summed E-state index contributed by atoms with van der Waals surface area (Å²) >= 11 is 5.70. The number of benzene rings is 1. The van der Waals surface area contributed by atoms with E-state index >= 15 is 0 Å². The first-order valence-electron chi connectivity index (χ1n) is 3.96. The van der Waals surface area contributed by atoms with E-state index in [1.807, 2.05) is 12.1 Å². The van der Waals surface area contributed by atoms with Crippen molar-refractivity contribution in [2.24, 2.45) is 5.84 Å². The monoisotopic (exact) mass is 198 g/mol. The number of hydrogen-bond acceptors (Lipinski definition) is 2. The lowest BCUT2D eigenvalue weighted by molar-refractivity contribution is -0.121. The van der Waals surface area contributed by atoms with E-state index in [2.05, 4.69) is 5.43 Å². The van der Waals surface area contributed by atoms with E-state index in [0.717, 1.165) is 5.56 Å². The summed E-state index contributed by atoms with van der Waals surface area (Å²) in [4.78, 5) is 10.8. The molecule has 0 aliphatic rings. The Morgan fingerprint density at radius 1 is 1.38 bits per heavy atom. The second-order valence-electron chi connectivity index (χ2n) is 2.69. The van der Waals surface area contributed by atoms with Crippen LogP contribution in [0, 0.1) is 0 Å². The molecule has 0 bridgehead atoms. The number of nitrogens with two attached hydrogens (primary N) is 1. The van der Waals surface area contributed by atoms with Gasteiger partial charge in [0.05, 0.1) is 0 Å². The van der Waals surface area contributed by atoms with Gasteiger partial charge in [0.15, 0.2) is 0 Å². The van der Waals surface area contributed by atoms with E-state index in [9.17, 15) is 4.79 Å². The average molecular weight is 199 g/mol. The van der Waals surface area contributed by atoms with E-state index < -0.39 is 0 Å². The van der Waals surface area contributed by atoms with E-state index in [1.165, 1.54) is 0 Å². The van der Waals surface area contributed by atoms with Crippen molar-refractivity contribution in [3.05, 3.63) is 34.9 Å². The molecule has 0 atom stereocenters. The number of halogens is 1. The maximum absolute atomic E-state index is 10.8. The summed E-state index contributed by atoms with van der Waals surface area (Å²) < 4.78 is 0. The van der Waals surface area contributed by atoms with Gasteiger partial charge >= 0.3 is 0 Å². The predicted octanol–water partition coefficient (Wildman–Crippen LogP) is 1.26. The Hall–Kier alpha value is -1.06. The van der Waals surface area contributed by atoms with Crippen LogP contribution in [-0.2, 0) is 11.2 Å². The zero-order valence-corrected chi connectivity index (χ0v) is 7.84. The highest BCUT2D eigenvalue weighted by molar-refractivity contribution is 6.30. The van der Waals surface area contributed by atoms with Crippen molar-refractivity contribution in [2.45, 2.75) is 12.8 Å². The van der Waals surface area contributed by atoms with E-state index in [1.54, 1.807) is 12.1 Å². The third kappa shape index (κ3) is 3.44. The molecule has 1 aromatic rings. The van der Waals surface area contributed by atoms with Crippen molar-refractivity contribution in [3.63, 3.8) is 0 Å². The van der Waals surface area contributed by atoms with Crippen molar-refractivity contribution in [1.29, 1.82) is 0 Å². The highest BCUT2D eigenvalue weighted by atomic mass is 35.5. The standard InChI is InChI=1S/C9H11ClN2O/c10-8-4-1-7(2-5-8)3-6-9(13)12-11/h1-2,4-5H,3,6,11H2,(H,12,13). The Labute approximate surface area is 81.9 Å². The minimum absolute atomic E-state index is 0.157. The largest absolute Gasteiger partial charge is 0.294 e. The smallest absolute Gasteiger partial charge is 0.234 e. The lowest BCUT2D eigenvalue weighted by Gasteiger charge is -2.00. The molecule has 0 unspecified atom stereocenters. The second kappa shape index (κ2) is 4.84. The highest BCUT2D eigenvalue weighted by Gasteiger charge is 1.99. The van der Waals surface area contributed by atoms with Gasteiger partial charge in [-0.15, -0.1) is 0 Å². The molecule has 4 heteroatoms. The molecule has 0 saturated heterocycles. The third-order valence-electron chi connectivity index (χ3n) is 1.71. The number of rotatable bonds is 3. The normalized spacial score (nSPS) is 9.69. The number of aryl methyl sites for hydroxylation is 1. The first-order chi connectivity index (χ1) is 6.22. The molecule has 70 valence electrons. The topological polar surface area (TPSA) is 55.1 Å². The van der Waals surface area contributed by atoms with Crippen LogP contribution in [0.1, 0.15) is 12.0 Å². The van der Waals surface area contributed by atoms with Crippen LogP contribution in [0.15, 0.2) is 24.3 Å². The Bertz CT molecular complexity index is 284. The molecule has 13 heavy (non-hydrogen) atoms. The number of nitrogens with one attached hydrogen (secondary N) is 1. The summed E-state index contributed by atoms with van der Waals surface area (Å²) in [6.45, 7) is 0. The average Bonchev–Trinajstić information content (AvgIpc) is 2.16. The molecule has 0 fully saturated rings. The van der Waals surface area contributed by atoms with Crippen LogP contribution in [0.2, 0.25) is 5.02 Å². The van der Waals surface area contributed by atoms with Gasteiger partial charge in [0, 0.05) is 11.4 Å². The number of amides is 1. The van der Waals surface area contributed by atoms with Gasteiger partial charge < -0.3 is 0 Å². The fraction of sp³-hybridized carbons (Fsp3) is 0.222. The minimum Gasteiger partial charge on any atom is -0.294 e. The van der Waals surface area contributed by atoms with Crippen LogP contribution in [0.5, 0.6) is 0 Å². The van der Waals surface area contributed by atoms with Crippen molar-refractivity contribution >= 4 is 17.5 Å². The minimum atomic E-state index is -0.157. The fourth-order valence-electron chi connectivity index (χ4n) is 0.981. The molecule has 3 N–H and O–H groups in total. The first-order valence-corrected chi connectivity index (χ1v) is 4.34. The highest BCUT2D eigenvalue weighted by Crippen LogP contribution is 2.10. The molecule has 1 rings (SSSR count). The van der Waals surface area contributed by atoms with Crippen LogP contribution in [0.25, 0.3) is 0 Å². The number of carbonyl (C=O) groups is 1. The van der Waals surface area contributed by atoms with E-state index in [-0.39, 0.29) is 5.91 Å². The van der Waals surface area contributed by atoms with Crippen molar-refractivity contribution in [3.8, 4) is 0 Å². The van der Waals surface area contributed by atoms with Gasteiger partial charge in [-0.05, 0) is 24.1 Å². The number of hydrazine groups is 1. The molecule has 0 spiro atoms. The van der Waals surface area contributed by atoms with Gasteiger partial charge in [-0.3, -0.25) is 10.2 Å². The van der Waals surface area contributed by atoms with Gasteiger partial charge in [0.1, 0.15) is 0 Å². The van der Waals surface area contributed by atoms with Gasteiger partial charge in [-0.1, -0.05) is 23.7 Å². The molecular formula is C9H11ClN2O. The molecule has 0 saturated carbocycles. The lowest BCUT2D eigenvalue weighted by atomic mass is 10.1. The Balaban J connectivity index is 2.46. The summed E-state index contributed by atoms with van der Waals surface area (Å²) in [7, 11) is 0. The molecule has 0 radical (unpaired) electrons. The Morgan fingerprint density at radius 2 is 2.00 bits per heavy atom. The van der Waals surface area contributed by atoms with Crippen molar-refractivity contribution < 1.29 is 4.79 Å². The molecule has 1 amide bonds. The van der Waals surface area contributed by atoms with Gasteiger partial charge in [-0.25, -0.2) is 5.84 Å². The molecule has 0 heterocycles. The third-order valence-corrected chi connectivity index (χ3v) is 1.97. The summed E-state index contributed by atoms with van der Waals surface area (Å²) in [5, 5.41) is 0.701. The molecule has 0 aromatic heterocycles. The van der Waals surface area contributed by atoms with Gasteiger partial charge in [0.25, 0.3) is 0 Å². The number of hydrogen-bond donors (Lipinski definition) is 2. The van der Waals surface area contributed by atoms with Crippen LogP contribution >= 0.6 is 11.6 Å². The van der Waals surface area contributed by atoms with Crippen LogP contribution in [0.4, 0.5) is 0 Å². The van der Waals surface area contributed by atoms with Gasteiger partial charge in [-0.2, -0.15) is 0 Å². The Kier molecular flexibility index (Phi) is 3.73. The predicted molar refractivity (Wildman–Crippen MR) is 52.1 cm³/mol. The number of carbonyl (C=O) groups excluding carboxylic acids is 1. The zero-order valence-electron chi connectivity index (χ0n) is 7.09. The summed E-state index contributed by atoms with van der Waals surface area (Å²) in [5.41, 5.74) is 3.16. The molecular weight excluding hydrogens is 188 g/mol. The first kappa shape index (κ1) is 10.0. The van der Waals surface area contributed by atoms with Crippen LogP contribution < -0.4 is 11.3 Å². The maximum atomic E-state index is 10.8. The summed E-state index contributed by atoms with van der Waals surface area (Å²) in [5.74, 6) is 4.78.